The van der Waals surface area contributed by atoms with Crippen molar-refractivity contribution in [2.45, 2.75) is 6.42 Å². The van der Waals surface area contributed by atoms with Crippen LogP contribution in [0.4, 0.5) is 17.1 Å². The fourth-order valence-electron chi connectivity index (χ4n) is 1.82. The topological polar surface area (TPSA) is 96.7 Å². The summed E-state index contributed by atoms with van der Waals surface area (Å²) >= 11 is 0. The zero-order chi connectivity index (χ0) is 14.7. The molecule has 1 aromatic rings. The number of hydrogen-bond donors (Lipinski definition) is 3. The first-order valence-electron chi connectivity index (χ1n) is 6.27. The average molecular weight is 278 g/mol. The monoisotopic (exact) mass is 278 g/mol. The van der Waals surface area contributed by atoms with E-state index in [9.17, 15) is 9.59 Å². The van der Waals surface area contributed by atoms with E-state index < -0.39 is 0 Å². The first-order valence-corrected chi connectivity index (χ1v) is 6.27. The Morgan fingerprint density at radius 2 is 2.25 bits per heavy atom. The van der Waals surface area contributed by atoms with Crippen molar-refractivity contribution in [3.05, 3.63) is 12.1 Å². The van der Waals surface area contributed by atoms with Gasteiger partial charge in [0.2, 0.25) is 5.91 Å². The maximum absolute atomic E-state index is 11.5. The highest BCUT2D eigenvalue weighted by molar-refractivity contribution is 5.97. The summed E-state index contributed by atoms with van der Waals surface area (Å²) in [5, 5.41) is 5.79. The van der Waals surface area contributed by atoms with Crippen LogP contribution in [0.3, 0.4) is 0 Å². The van der Waals surface area contributed by atoms with Crippen LogP contribution in [-0.4, -0.2) is 44.0 Å². The molecule has 2 rings (SSSR count). The Kier molecular flexibility index (Phi) is 3.97. The highest BCUT2D eigenvalue weighted by atomic mass is 16.5. The van der Waals surface area contributed by atoms with Gasteiger partial charge in [-0.1, -0.05) is 0 Å². The minimum Gasteiger partial charge on any atom is -0.482 e. The smallest absolute Gasteiger partial charge is 0.262 e. The lowest BCUT2D eigenvalue weighted by Crippen LogP contribution is -2.26. The molecule has 0 aliphatic carbocycles. The van der Waals surface area contributed by atoms with Crippen LogP contribution in [0.15, 0.2) is 12.1 Å². The van der Waals surface area contributed by atoms with Crippen LogP contribution in [0.2, 0.25) is 0 Å². The molecule has 108 valence electrons. The number of benzene rings is 1. The molecule has 1 aromatic carbocycles. The van der Waals surface area contributed by atoms with Crippen LogP contribution in [-0.2, 0) is 9.59 Å². The first-order chi connectivity index (χ1) is 9.47. The number of rotatable bonds is 4. The second kappa shape index (κ2) is 5.68. The van der Waals surface area contributed by atoms with Crippen molar-refractivity contribution in [3.63, 3.8) is 0 Å². The molecule has 1 heterocycles. The van der Waals surface area contributed by atoms with Crippen molar-refractivity contribution in [1.29, 1.82) is 0 Å². The van der Waals surface area contributed by atoms with Crippen molar-refractivity contribution in [2.75, 3.05) is 43.6 Å². The Morgan fingerprint density at radius 1 is 1.50 bits per heavy atom. The maximum atomic E-state index is 11.5. The van der Waals surface area contributed by atoms with E-state index in [-0.39, 0.29) is 18.4 Å². The summed E-state index contributed by atoms with van der Waals surface area (Å²) in [7, 11) is 3.42. The van der Waals surface area contributed by atoms with Gasteiger partial charge in [-0.25, -0.2) is 0 Å². The van der Waals surface area contributed by atoms with E-state index >= 15 is 0 Å². The van der Waals surface area contributed by atoms with Gasteiger partial charge in [0.1, 0.15) is 5.75 Å². The Hall–Kier alpha value is -2.44. The lowest BCUT2D eigenvalue weighted by Gasteiger charge is -2.20. The maximum Gasteiger partial charge on any atom is 0.262 e. The Morgan fingerprint density at radius 3 is 2.95 bits per heavy atom. The lowest BCUT2D eigenvalue weighted by atomic mass is 10.2. The third-order valence-corrected chi connectivity index (χ3v) is 2.94. The number of ether oxygens (including phenoxy) is 1. The fraction of sp³-hybridized carbons (Fsp3) is 0.385. The van der Waals surface area contributed by atoms with Gasteiger partial charge >= 0.3 is 0 Å². The van der Waals surface area contributed by atoms with E-state index in [1.807, 2.05) is 0 Å². The summed E-state index contributed by atoms with van der Waals surface area (Å²) in [6.45, 7) is 0.464. The second-order valence-electron chi connectivity index (χ2n) is 4.74. The van der Waals surface area contributed by atoms with E-state index in [2.05, 4.69) is 10.6 Å². The van der Waals surface area contributed by atoms with Crippen molar-refractivity contribution >= 4 is 28.9 Å². The second-order valence-corrected chi connectivity index (χ2v) is 4.74. The Bertz CT molecular complexity index is 543. The highest BCUT2D eigenvalue weighted by Gasteiger charge is 2.17. The van der Waals surface area contributed by atoms with Gasteiger partial charge in [-0.2, -0.15) is 0 Å². The van der Waals surface area contributed by atoms with Crippen molar-refractivity contribution < 1.29 is 14.3 Å². The number of nitrogens with one attached hydrogen (secondary N) is 2. The van der Waals surface area contributed by atoms with E-state index in [0.29, 0.717) is 35.8 Å². The van der Waals surface area contributed by atoms with E-state index in [1.54, 1.807) is 26.2 Å². The summed E-state index contributed by atoms with van der Waals surface area (Å²) in [6, 6.07) is 3.37. The lowest BCUT2D eigenvalue weighted by molar-refractivity contribution is -0.128. The summed E-state index contributed by atoms with van der Waals surface area (Å²) < 4.78 is 5.27. The molecular formula is C13H18N4O3. The molecule has 0 fully saturated rings. The van der Waals surface area contributed by atoms with E-state index in [1.165, 1.54) is 4.90 Å². The van der Waals surface area contributed by atoms with Gasteiger partial charge in [-0.15, -0.1) is 0 Å². The minimum atomic E-state index is -0.198. The third kappa shape index (κ3) is 3.11. The van der Waals surface area contributed by atoms with Gasteiger partial charge in [0.25, 0.3) is 5.91 Å². The molecule has 0 bridgehead atoms. The van der Waals surface area contributed by atoms with Crippen LogP contribution in [0.5, 0.6) is 5.75 Å². The predicted octanol–water partition coefficient (Wildman–Crippen LogP) is 0.490. The average Bonchev–Trinajstić information content (AvgIpc) is 2.39. The van der Waals surface area contributed by atoms with Crippen LogP contribution in [0.1, 0.15) is 6.42 Å². The molecule has 20 heavy (non-hydrogen) atoms. The van der Waals surface area contributed by atoms with Crippen LogP contribution in [0.25, 0.3) is 0 Å². The minimum absolute atomic E-state index is 0.00342. The number of anilines is 3. The number of nitrogens with two attached hydrogens (primary N) is 1. The molecule has 0 radical (unpaired) electrons. The van der Waals surface area contributed by atoms with Crippen molar-refractivity contribution in [3.8, 4) is 5.75 Å². The molecular weight excluding hydrogens is 260 g/mol. The van der Waals surface area contributed by atoms with Gasteiger partial charge in [0.05, 0.1) is 17.1 Å². The third-order valence-electron chi connectivity index (χ3n) is 2.94. The molecule has 2 amide bonds. The number of carbonyl (C=O) groups excluding carboxylic acids is 2. The molecule has 0 spiro atoms. The quantitative estimate of drug-likeness (QED) is 0.696. The van der Waals surface area contributed by atoms with Crippen molar-refractivity contribution in [2.24, 2.45) is 0 Å². The van der Waals surface area contributed by atoms with Gasteiger partial charge < -0.3 is 26.0 Å². The molecule has 7 nitrogen and oxygen atoms in total. The Balaban J connectivity index is 2.03. The molecule has 1 aliphatic heterocycles. The predicted molar refractivity (Wildman–Crippen MR) is 76.8 cm³/mol. The number of hydrogen-bond acceptors (Lipinski definition) is 5. The number of nitrogens with zero attached hydrogens (tertiary/aromatic N) is 1. The SMILES string of the molecule is CN(C)C(=O)CCNc1cc2c(cc1N)OCC(=O)N2. The standard InChI is InChI=1S/C13H18N4O3/c1-17(2)13(19)3-4-15-9-6-10-11(5-8(9)14)20-7-12(18)16-10/h5-6,15H,3-4,7,14H2,1-2H3,(H,16,18). The first kappa shape index (κ1) is 14.0. The molecule has 0 atom stereocenters. The highest BCUT2D eigenvalue weighted by Crippen LogP contribution is 2.35. The molecule has 7 heteroatoms. The zero-order valence-electron chi connectivity index (χ0n) is 11.5. The van der Waals surface area contributed by atoms with E-state index in [4.69, 9.17) is 10.5 Å². The number of amides is 2. The molecule has 1 aliphatic rings. The van der Waals surface area contributed by atoms with Crippen molar-refractivity contribution in [1.82, 2.24) is 4.90 Å². The van der Waals surface area contributed by atoms with Crippen LogP contribution >= 0.6 is 0 Å². The normalized spacial score (nSPS) is 13.0. The number of fused-ring (bicyclic) bond motifs is 1. The van der Waals surface area contributed by atoms with Gasteiger partial charge in [-0.05, 0) is 6.07 Å². The van der Waals surface area contributed by atoms with Gasteiger partial charge in [-0.3, -0.25) is 9.59 Å². The summed E-state index contributed by atoms with van der Waals surface area (Å²) in [6.07, 6.45) is 0.367. The fourth-order valence-corrected chi connectivity index (χ4v) is 1.82. The summed E-state index contributed by atoms with van der Waals surface area (Å²) in [5.74, 6) is 0.388. The summed E-state index contributed by atoms with van der Waals surface area (Å²) in [4.78, 5) is 24.3. The number of nitrogen functional groups attached to an aromatic ring is 1. The van der Waals surface area contributed by atoms with E-state index in [0.717, 1.165) is 0 Å². The Labute approximate surface area is 117 Å². The van der Waals surface area contributed by atoms with Crippen LogP contribution < -0.4 is 21.1 Å². The van der Waals surface area contributed by atoms with Gasteiger partial charge in [0, 0.05) is 33.1 Å². The van der Waals surface area contributed by atoms with Crippen LogP contribution in [0, 0.1) is 0 Å². The molecule has 4 N–H and O–H groups in total. The molecule has 0 saturated carbocycles. The summed E-state index contributed by atoms with van der Waals surface area (Å²) in [5.41, 5.74) is 7.66. The largest absolute Gasteiger partial charge is 0.482 e. The number of carbonyl (C=O) groups is 2. The molecule has 0 saturated heterocycles. The zero-order valence-corrected chi connectivity index (χ0v) is 11.5. The molecule has 0 unspecified atom stereocenters. The van der Waals surface area contributed by atoms with Gasteiger partial charge in [0.15, 0.2) is 6.61 Å². The molecule has 0 aromatic heterocycles.